The predicted molar refractivity (Wildman–Crippen MR) is 118 cm³/mol. The lowest BCUT2D eigenvalue weighted by Crippen LogP contribution is -2.27. The first-order valence-electron chi connectivity index (χ1n) is 10.0. The van der Waals surface area contributed by atoms with E-state index in [2.05, 4.69) is 5.32 Å². The fraction of sp³-hybridized carbons (Fsp3) is 0.280. The van der Waals surface area contributed by atoms with Crippen LogP contribution >= 0.6 is 0 Å². The van der Waals surface area contributed by atoms with Gasteiger partial charge in [-0.15, -0.1) is 0 Å². The van der Waals surface area contributed by atoms with Crippen LogP contribution in [0.25, 0.3) is 21.9 Å². The summed E-state index contributed by atoms with van der Waals surface area (Å²) in [5.74, 6) is 0.637. The van der Waals surface area contributed by atoms with Crippen molar-refractivity contribution in [2.75, 3.05) is 0 Å². The molecule has 0 saturated carbocycles. The zero-order chi connectivity index (χ0) is 21.6. The van der Waals surface area contributed by atoms with E-state index in [1.807, 2.05) is 65.0 Å². The molecule has 0 fully saturated rings. The normalized spacial score (nSPS) is 11.4. The fourth-order valence-electron chi connectivity index (χ4n) is 3.83. The van der Waals surface area contributed by atoms with Gasteiger partial charge in [-0.05, 0) is 57.4 Å². The highest BCUT2D eigenvalue weighted by Gasteiger charge is 2.20. The zero-order valence-corrected chi connectivity index (χ0v) is 17.9. The molecule has 0 aliphatic rings. The second kappa shape index (κ2) is 7.48. The average molecular weight is 403 g/mol. The maximum absolute atomic E-state index is 12.7. The molecule has 1 N–H and O–H groups in total. The summed E-state index contributed by atoms with van der Waals surface area (Å²) < 4.78 is 11.5. The first kappa shape index (κ1) is 20.0. The summed E-state index contributed by atoms with van der Waals surface area (Å²) in [5.41, 5.74) is 5.99. The molecule has 5 nitrogen and oxygen atoms in total. The van der Waals surface area contributed by atoms with E-state index < -0.39 is 5.63 Å². The van der Waals surface area contributed by atoms with Crippen molar-refractivity contribution in [2.45, 2.75) is 47.6 Å². The Labute approximate surface area is 174 Å². The molecule has 2 heterocycles. The number of carbonyl (C=O) groups is 1. The largest absolute Gasteiger partial charge is 0.461 e. The molecule has 0 atom stereocenters. The van der Waals surface area contributed by atoms with Gasteiger partial charge in [0, 0.05) is 22.9 Å². The molecule has 5 heteroatoms. The Balaban J connectivity index is 1.67. The molecular formula is C25H25NO4. The Kier molecular flexibility index (Phi) is 4.98. The smallest absolute Gasteiger partial charge is 0.340 e. The number of amides is 1. The van der Waals surface area contributed by atoms with Crippen molar-refractivity contribution >= 4 is 27.8 Å². The topological polar surface area (TPSA) is 72.5 Å². The van der Waals surface area contributed by atoms with Gasteiger partial charge in [0.15, 0.2) is 0 Å². The molecule has 0 unspecified atom stereocenters. The van der Waals surface area contributed by atoms with E-state index in [0.717, 1.165) is 44.4 Å². The number of carbonyl (C=O) groups excluding carboxylic acids is 1. The van der Waals surface area contributed by atoms with Crippen molar-refractivity contribution in [3.05, 3.63) is 79.9 Å². The maximum atomic E-state index is 12.7. The molecule has 4 rings (SSSR count). The van der Waals surface area contributed by atoms with E-state index in [4.69, 9.17) is 8.83 Å². The number of nitrogens with one attached hydrogen (secondary N) is 1. The van der Waals surface area contributed by atoms with Gasteiger partial charge in [0.1, 0.15) is 16.9 Å². The molecule has 154 valence electrons. The first-order chi connectivity index (χ1) is 14.3. The molecule has 1 amide bonds. The summed E-state index contributed by atoms with van der Waals surface area (Å²) in [7, 11) is 0. The van der Waals surface area contributed by atoms with E-state index in [9.17, 15) is 9.59 Å². The summed E-state index contributed by atoms with van der Waals surface area (Å²) in [6.07, 6.45) is -0.0174. The van der Waals surface area contributed by atoms with E-state index in [-0.39, 0.29) is 12.3 Å². The van der Waals surface area contributed by atoms with Gasteiger partial charge in [0.2, 0.25) is 5.91 Å². The predicted octanol–water partition coefficient (Wildman–Crippen LogP) is 4.94. The average Bonchev–Trinajstić information content (AvgIpc) is 3.00. The third kappa shape index (κ3) is 3.41. The third-order valence-corrected chi connectivity index (χ3v) is 5.89. The van der Waals surface area contributed by atoms with Crippen LogP contribution in [-0.4, -0.2) is 5.91 Å². The first-order valence-corrected chi connectivity index (χ1v) is 10.0. The Morgan fingerprint density at radius 1 is 0.867 bits per heavy atom. The number of rotatable bonds is 4. The van der Waals surface area contributed by atoms with Crippen LogP contribution < -0.4 is 10.9 Å². The summed E-state index contributed by atoms with van der Waals surface area (Å²) >= 11 is 0. The molecule has 2 aromatic heterocycles. The molecule has 0 spiro atoms. The molecular weight excluding hydrogens is 378 g/mol. The van der Waals surface area contributed by atoms with Gasteiger partial charge in [-0.3, -0.25) is 4.79 Å². The maximum Gasteiger partial charge on any atom is 0.340 e. The van der Waals surface area contributed by atoms with Gasteiger partial charge in [0.25, 0.3) is 0 Å². The van der Waals surface area contributed by atoms with Crippen LogP contribution in [0.3, 0.4) is 0 Å². The highest BCUT2D eigenvalue weighted by atomic mass is 16.4. The van der Waals surface area contributed by atoms with Gasteiger partial charge < -0.3 is 14.2 Å². The highest BCUT2D eigenvalue weighted by Crippen LogP contribution is 2.34. The van der Waals surface area contributed by atoms with Gasteiger partial charge >= 0.3 is 5.63 Å². The number of aryl methyl sites for hydroxylation is 5. The minimum absolute atomic E-state index is 0.0174. The van der Waals surface area contributed by atoms with Crippen molar-refractivity contribution in [2.24, 2.45) is 0 Å². The van der Waals surface area contributed by atoms with Crippen molar-refractivity contribution in [3.8, 4) is 0 Å². The van der Waals surface area contributed by atoms with Crippen LogP contribution in [0.5, 0.6) is 0 Å². The van der Waals surface area contributed by atoms with Crippen molar-refractivity contribution in [1.29, 1.82) is 0 Å². The number of furan rings is 1. The molecule has 0 aliphatic carbocycles. The minimum Gasteiger partial charge on any atom is -0.461 e. The second-order valence-electron chi connectivity index (χ2n) is 7.97. The minimum atomic E-state index is -0.479. The second-order valence-corrected chi connectivity index (χ2v) is 7.97. The van der Waals surface area contributed by atoms with Gasteiger partial charge in [0.05, 0.1) is 12.0 Å². The van der Waals surface area contributed by atoms with E-state index in [1.54, 1.807) is 0 Å². The lowest BCUT2D eigenvalue weighted by molar-refractivity contribution is -0.120. The van der Waals surface area contributed by atoms with Gasteiger partial charge in [-0.1, -0.05) is 29.8 Å². The monoisotopic (exact) mass is 403 g/mol. The van der Waals surface area contributed by atoms with Crippen LogP contribution in [0.1, 0.15) is 39.1 Å². The zero-order valence-electron chi connectivity index (χ0n) is 17.9. The lowest BCUT2D eigenvalue weighted by Gasteiger charge is -2.10. The molecule has 0 aliphatic heterocycles. The SMILES string of the molecule is Cc1ccc(CNC(=O)Cc2c(C)c3cc4c(C)c(C)oc4c(C)c3oc2=O)cc1. The van der Waals surface area contributed by atoms with E-state index in [0.29, 0.717) is 17.7 Å². The summed E-state index contributed by atoms with van der Waals surface area (Å²) in [6, 6.07) is 9.97. The van der Waals surface area contributed by atoms with Crippen LogP contribution in [0.4, 0.5) is 0 Å². The molecule has 2 aromatic carbocycles. The lowest BCUT2D eigenvalue weighted by atomic mass is 9.98. The molecule has 4 aromatic rings. The number of hydrogen-bond donors (Lipinski definition) is 1. The number of fused-ring (bicyclic) bond motifs is 2. The van der Waals surface area contributed by atoms with Crippen molar-refractivity contribution < 1.29 is 13.6 Å². The molecule has 0 bridgehead atoms. The van der Waals surface area contributed by atoms with Crippen LogP contribution in [0.15, 0.2) is 44.0 Å². The Hall–Kier alpha value is -3.34. The van der Waals surface area contributed by atoms with Crippen molar-refractivity contribution in [1.82, 2.24) is 5.32 Å². The van der Waals surface area contributed by atoms with E-state index in [1.165, 1.54) is 5.56 Å². The highest BCUT2D eigenvalue weighted by molar-refractivity contribution is 6.00. The van der Waals surface area contributed by atoms with Crippen molar-refractivity contribution in [3.63, 3.8) is 0 Å². The molecule has 30 heavy (non-hydrogen) atoms. The summed E-state index contributed by atoms with van der Waals surface area (Å²) in [5, 5.41) is 4.73. The standard InChI is InChI=1S/C25H25NO4/c1-13-6-8-18(9-7-13)12-26-22(27)11-21-15(3)20-10-19-14(2)17(5)29-23(19)16(4)24(20)30-25(21)28/h6-10H,11-12H2,1-5H3,(H,26,27). The van der Waals surface area contributed by atoms with Crippen LogP contribution in [0, 0.1) is 34.6 Å². The van der Waals surface area contributed by atoms with Crippen LogP contribution in [-0.2, 0) is 17.8 Å². The van der Waals surface area contributed by atoms with Gasteiger partial charge in [-0.25, -0.2) is 4.79 Å². The van der Waals surface area contributed by atoms with Gasteiger partial charge in [-0.2, -0.15) is 0 Å². The van der Waals surface area contributed by atoms with Crippen LogP contribution in [0.2, 0.25) is 0 Å². The number of benzene rings is 2. The Morgan fingerprint density at radius 3 is 2.20 bits per heavy atom. The number of hydrogen-bond acceptors (Lipinski definition) is 4. The quantitative estimate of drug-likeness (QED) is 0.490. The Bertz CT molecular complexity index is 1340. The fourth-order valence-corrected chi connectivity index (χ4v) is 3.83. The summed E-state index contributed by atoms with van der Waals surface area (Å²) in [6.45, 7) is 10.1. The third-order valence-electron chi connectivity index (χ3n) is 5.89. The summed E-state index contributed by atoms with van der Waals surface area (Å²) in [4.78, 5) is 25.2. The Morgan fingerprint density at radius 2 is 1.50 bits per heavy atom. The van der Waals surface area contributed by atoms with E-state index >= 15 is 0 Å². The molecule has 0 saturated heterocycles. The molecule has 0 radical (unpaired) electrons.